The van der Waals surface area contributed by atoms with Crippen LogP contribution in [0.2, 0.25) is 0 Å². The standard InChI is InChI=1S/C27H22FN3O2S/c28-21-11-13-22(14-12-21)31-26(33)24(17-20-9-5-2-6-10-20)34-27(31)23(18-29)25(32)30-16-15-19-7-3-1-4-8-19/h1-14,24H,15-17H2,(H,30,32). The molecule has 0 aromatic heterocycles. The number of nitrogens with one attached hydrogen (secondary N) is 1. The second-order valence-electron chi connectivity index (χ2n) is 7.73. The fourth-order valence-electron chi connectivity index (χ4n) is 3.69. The molecule has 1 unspecified atom stereocenters. The van der Waals surface area contributed by atoms with Gasteiger partial charge in [-0.05, 0) is 48.2 Å². The summed E-state index contributed by atoms with van der Waals surface area (Å²) in [5.74, 6) is -1.23. The molecule has 5 nitrogen and oxygen atoms in total. The Morgan fingerprint density at radius 3 is 2.21 bits per heavy atom. The number of hydrogen-bond donors (Lipinski definition) is 1. The summed E-state index contributed by atoms with van der Waals surface area (Å²) >= 11 is 1.19. The molecule has 1 heterocycles. The molecule has 1 aliphatic rings. The molecule has 3 aromatic rings. The first kappa shape index (κ1) is 23.3. The van der Waals surface area contributed by atoms with Crippen molar-refractivity contribution in [2.75, 3.05) is 11.4 Å². The van der Waals surface area contributed by atoms with Crippen LogP contribution in [-0.2, 0) is 22.4 Å². The zero-order chi connectivity index (χ0) is 23.9. The number of nitrogens with zero attached hydrogens (tertiary/aromatic N) is 2. The third kappa shape index (κ3) is 5.36. The lowest BCUT2D eigenvalue weighted by molar-refractivity contribution is -0.117. The third-order valence-electron chi connectivity index (χ3n) is 5.40. The Labute approximate surface area is 201 Å². The van der Waals surface area contributed by atoms with E-state index in [2.05, 4.69) is 5.32 Å². The molecule has 1 atom stereocenters. The van der Waals surface area contributed by atoms with E-state index in [0.717, 1.165) is 11.1 Å². The van der Waals surface area contributed by atoms with E-state index in [9.17, 15) is 19.2 Å². The van der Waals surface area contributed by atoms with Gasteiger partial charge in [-0.15, -0.1) is 0 Å². The van der Waals surface area contributed by atoms with Crippen molar-refractivity contribution in [2.45, 2.75) is 18.1 Å². The summed E-state index contributed by atoms with van der Waals surface area (Å²) in [6.07, 6.45) is 1.06. The van der Waals surface area contributed by atoms with Crippen LogP contribution in [0.3, 0.4) is 0 Å². The summed E-state index contributed by atoms with van der Waals surface area (Å²) in [5.41, 5.74) is 2.32. The normalized spacial score (nSPS) is 16.8. The first-order valence-electron chi connectivity index (χ1n) is 10.8. The van der Waals surface area contributed by atoms with E-state index < -0.39 is 17.0 Å². The molecule has 3 aromatic carbocycles. The summed E-state index contributed by atoms with van der Waals surface area (Å²) in [6.45, 7) is 0.351. The van der Waals surface area contributed by atoms with Gasteiger partial charge in [-0.1, -0.05) is 72.4 Å². The van der Waals surface area contributed by atoms with Gasteiger partial charge >= 0.3 is 0 Å². The van der Waals surface area contributed by atoms with Gasteiger partial charge in [0, 0.05) is 12.2 Å². The fraction of sp³-hybridized carbons (Fsp3) is 0.148. The second-order valence-corrected chi connectivity index (χ2v) is 8.92. The molecule has 0 radical (unpaired) electrons. The van der Waals surface area contributed by atoms with Crippen molar-refractivity contribution in [1.82, 2.24) is 5.32 Å². The molecule has 7 heteroatoms. The van der Waals surface area contributed by atoms with Crippen molar-refractivity contribution in [1.29, 1.82) is 5.26 Å². The van der Waals surface area contributed by atoms with Crippen LogP contribution in [0.4, 0.5) is 10.1 Å². The van der Waals surface area contributed by atoms with E-state index in [1.54, 1.807) is 0 Å². The van der Waals surface area contributed by atoms with Gasteiger partial charge in [-0.3, -0.25) is 14.5 Å². The Balaban J connectivity index is 1.61. The maximum absolute atomic E-state index is 13.5. The van der Waals surface area contributed by atoms with Gasteiger partial charge in [0.15, 0.2) is 0 Å². The third-order valence-corrected chi connectivity index (χ3v) is 6.66. The molecule has 1 fully saturated rings. The smallest absolute Gasteiger partial charge is 0.264 e. The zero-order valence-electron chi connectivity index (χ0n) is 18.3. The summed E-state index contributed by atoms with van der Waals surface area (Å²) in [6, 6.07) is 26.7. The van der Waals surface area contributed by atoms with Crippen LogP contribution in [-0.4, -0.2) is 23.6 Å². The average molecular weight is 472 g/mol. The van der Waals surface area contributed by atoms with Crippen LogP contribution in [0.15, 0.2) is 95.5 Å². The van der Waals surface area contributed by atoms with E-state index >= 15 is 0 Å². The van der Waals surface area contributed by atoms with Gasteiger partial charge in [0.25, 0.3) is 5.91 Å². The molecule has 1 aliphatic heterocycles. The molecule has 0 aliphatic carbocycles. The van der Waals surface area contributed by atoms with Crippen molar-refractivity contribution >= 4 is 29.3 Å². The average Bonchev–Trinajstić information content (AvgIpc) is 3.17. The molecule has 0 bridgehead atoms. The number of anilines is 1. The minimum atomic E-state index is -0.541. The monoisotopic (exact) mass is 471 g/mol. The van der Waals surface area contributed by atoms with E-state index in [1.165, 1.54) is 40.9 Å². The van der Waals surface area contributed by atoms with E-state index in [1.807, 2.05) is 66.7 Å². The van der Waals surface area contributed by atoms with Crippen molar-refractivity contribution in [3.8, 4) is 6.07 Å². The lowest BCUT2D eigenvalue weighted by atomic mass is 10.1. The van der Waals surface area contributed by atoms with Crippen LogP contribution in [0.25, 0.3) is 0 Å². The molecular formula is C27H22FN3O2S. The molecule has 170 valence electrons. The van der Waals surface area contributed by atoms with Crippen LogP contribution >= 0.6 is 11.8 Å². The Morgan fingerprint density at radius 2 is 1.59 bits per heavy atom. The Bertz CT molecular complexity index is 1240. The van der Waals surface area contributed by atoms with E-state index in [-0.39, 0.29) is 16.5 Å². The van der Waals surface area contributed by atoms with E-state index in [4.69, 9.17) is 0 Å². The molecular weight excluding hydrogens is 449 g/mol. The topological polar surface area (TPSA) is 73.2 Å². The van der Waals surface area contributed by atoms with E-state index in [0.29, 0.717) is 25.1 Å². The number of amides is 2. The van der Waals surface area contributed by atoms with Crippen molar-refractivity contribution in [3.63, 3.8) is 0 Å². The highest BCUT2D eigenvalue weighted by molar-refractivity contribution is 8.05. The number of halogens is 1. The Hall–Kier alpha value is -3.89. The van der Waals surface area contributed by atoms with Gasteiger partial charge in [-0.2, -0.15) is 5.26 Å². The lowest BCUT2D eigenvalue weighted by Gasteiger charge is -2.18. The highest BCUT2D eigenvalue weighted by atomic mass is 32.2. The molecule has 0 spiro atoms. The number of hydrogen-bond acceptors (Lipinski definition) is 4. The first-order chi connectivity index (χ1) is 16.6. The number of carbonyl (C=O) groups is 2. The van der Waals surface area contributed by atoms with Crippen LogP contribution in [0.1, 0.15) is 11.1 Å². The SMILES string of the molecule is N#CC(C(=O)NCCc1ccccc1)=C1SC(Cc2ccccc2)C(=O)N1c1ccc(F)cc1. The van der Waals surface area contributed by atoms with Gasteiger partial charge in [0.1, 0.15) is 22.5 Å². The summed E-state index contributed by atoms with van der Waals surface area (Å²) in [7, 11) is 0. The van der Waals surface area contributed by atoms with Crippen molar-refractivity contribution < 1.29 is 14.0 Å². The van der Waals surface area contributed by atoms with Crippen LogP contribution in [0.5, 0.6) is 0 Å². The fourth-order valence-corrected chi connectivity index (χ4v) is 5.00. The molecule has 1 saturated heterocycles. The number of thioether (sulfide) groups is 1. The number of benzene rings is 3. The minimum absolute atomic E-state index is 0.133. The predicted octanol–water partition coefficient (Wildman–Crippen LogP) is 4.61. The molecule has 2 amide bonds. The van der Waals surface area contributed by atoms with Crippen molar-refractivity contribution in [3.05, 3.63) is 112 Å². The van der Waals surface area contributed by atoms with Crippen LogP contribution < -0.4 is 10.2 Å². The maximum Gasteiger partial charge on any atom is 0.264 e. The largest absolute Gasteiger partial charge is 0.351 e. The van der Waals surface area contributed by atoms with Crippen molar-refractivity contribution in [2.24, 2.45) is 0 Å². The first-order valence-corrected chi connectivity index (χ1v) is 11.7. The molecule has 0 saturated carbocycles. The predicted molar refractivity (Wildman–Crippen MR) is 131 cm³/mol. The number of carbonyl (C=O) groups excluding carboxylic acids is 2. The minimum Gasteiger partial charge on any atom is -0.351 e. The second kappa shape index (κ2) is 10.8. The van der Waals surface area contributed by atoms with Gasteiger partial charge in [0.05, 0.1) is 5.25 Å². The molecule has 4 rings (SSSR count). The highest BCUT2D eigenvalue weighted by Gasteiger charge is 2.40. The summed E-state index contributed by atoms with van der Waals surface area (Å²) < 4.78 is 13.5. The lowest BCUT2D eigenvalue weighted by Crippen LogP contribution is -2.32. The number of rotatable bonds is 7. The van der Waals surface area contributed by atoms with Gasteiger partial charge < -0.3 is 5.32 Å². The maximum atomic E-state index is 13.5. The number of nitriles is 1. The molecule has 1 N–H and O–H groups in total. The van der Waals surface area contributed by atoms with Gasteiger partial charge in [0.2, 0.25) is 5.91 Å². The zero-order valence-corrected chi connectivity index (χ0v) is 19.1. The Morgan fingerprint density at radius 1 is 0.971 bits per heavy atom. The Kier molecular flexibility index (Phi) is 7.41. The highest BCUT2D eigenvalue weighted by Crippen LogP contribution is 2.41. The summed E-state index contributed by atoms with van der Waals surface area (Å²) in [4.78, 5) is 27.7. The van der Waals surface area contributed by atoms with Crippen LogP contribution in [0, 0.1) is 17.1 Å². The quantitative estimate of drug-likeness (QED) is 0.403. The summed E-state index contributed by atoms with van der Waals surface area (Å²) in [5, 5.41) is 12.4. The van der Waals surface area contributed by atoms with Gasteiger partial charge in [-0.25, -0.2) is 4.39 Å². The molecule has 34 heavy (non-hydrogen) atoms.